The lowest BCUT2D eigenvalue weighted by Gasteiger charge is -2.33. The van der Waals surface area contributed by atoms with Crippen molar-refractivity contribution in [1.29, 1.82) is 0 Å². The summed E-state index contributed by atoms with van der Waals surface area (Å²) in [5.74, 6) is 1.23. The zero-order valence-electron chi connectivity index (χ0n) is 9.36. The van der Waals surface area contributed by atoms with Crippen molar-refractivity contribution in [2.75, 3.05) is 0 Å². The van der Waals surface area contributed by atoms with Crippen molar-refractivity contribution in [3.63, 3.8) is 0 Å². The summed E-state index contributed by atoms with van der Waals surface area (Å²) in [5, 5.41) is 12.4. The molecule has 3 unspecified atom stereocenters. The van der Waals surface area contributed by atoms with Gasteiger partial charge < -0.3 is 5.11 Å². The van der Waals surface area contributed by atoms with Gasteiger partial charge in [0.1, 0.15) is 0 Å². The van der Waals surface area contributed by atoms with Crippen LogP contribution in [0.15, 0.2) is 17.5 Å². The average Bonchev–Trinajstić information content (AvgIpc) is 2.81. The second-order valence-corrected chi connectivity index (χ2v) is 5.56. The number of rotatable bonds is 3. The summed E-state index contributed by atoms with van der Waals surface area (Å²) in [4.78, 5) is 1.15. The van der Waals surface area contributed by atoms with Gasteiger partial charge in [-0.1, -0.05) is 38.7 Å². The molecule has 1 nitrogen and oxygen atoms in total. The average molecular weight is 224 g/mol. The zero-order chi connectivity index (χ0) is 10.7. The highest BCUT2D eigenvalue weighted by molar-refractivity contribution is 7.10. The molecule has 0 amide bonds. The molecule has 1 N–H and O–H groups in total. The van der Waals surface area contributed by atoms with Crippen molar-refractivity contribution in [3.05, 3.63) is 22.4 Å². The fraction of sp³-hybridized carbons (Fsp3) is 0.692. The molecule has 15 heavy (non-hydrogen) atoms. The molecule has 0 aliphatic heterocycles. The van der Waals surface area contributed by atoms with Crippen LogP contribution in [0, 0.1) is 11.8 Å². The third kappa shape index (κ3) is 2.43. The lowest BCUT2D eigenvalue weighted by atomic mass is 9.74. The summed E-state index contributed by atoms with van der Waals surface area (Å²) in [6.45, 7) is 2.25. The molecule has 1 heterocycles. The molecule has 84 valence electrons. The summed E-state index contributed by atoms with van der Waals surface area (Å²) in [5.41, 5.74) is 0. The van der Waals surface area contributed by atoms with Crippen LogP contribution < -0.4 is 0 Å². The summed E-state index contributed by atoms with van der Waals surface area (Å²) in [7, 11) is 0. The number of hydrogen-bond donors (Lipinski definition) is 1. The van der Waals surface area contributed by atoms with Crippen LogP contribution in [0.25, 0.3) is 0 Å². The van der Waals surface area contributed by atoms with E-state index in [2.05, 4.69) is 18.4 Å². The second-order valence-electron chi connectivity index (χ2n) is 4.58. The van der Waals surface area contributed by atoms with E-state index in [0.29, 0.717) is 5.92 Å². The van der Waals surface area contributed by atoms with E-state index in [-0.39, 0.29) is 6.10 Å². The van der Waals surface area contributed by atoms with Crippen LogP contribution in [0.3, 0.4) is 0 Å². The quantitative estimate of drug-likeness (QED) is 0.823. The van der Waals surface area contributed by atoms with Crippen molar-refractivity contribution in [2.24, 2.45) is 11.8 Å². The predicted octanol–water partition coefficient (Wildman–Crippen LogP) is 4.00. The van der Waals surface area contributed by atoms with E-state index in [0.717, 1.165) is 10.8 Å². The highest BCUT2D eigenvalue weighted by atomic mass is 32.1. The van der Waals surface area contributed by atoms with E-state index in [9.17, 15) is 5.11 Å². The zero-order valence-corrected chi connectivity index (χ0v) is 10.2. The molecular weight excluding hydrogens is 204 g/mol. The Bertz CT molecular complexity index is 281. The highest BCUT2D eigenvalue weighted by Gasteiger charge is 2.30. The first-order valence-electron chi connectivity index (χ1n) is 6.04. The molecule has 0 bridgehead atoms. The van der Waals surface area contributed by atoms with Gasteiger partial charge in [-0.15, -0.1) is 11.3 Å². The maximum absolute atomic E-state index is 10.3. The molecule has 2 rings (SSSR count). The highest BCUT2D eigenvalue weighted by Crippen LogP contribution is 2.41. The first-order valence-corrected chi connectivity index (χ1v) is 6.92. The number of hydrogen-bond acceptors (Lipinski definition) is 2. The summed E-state index contributed by atoms with van der Waals surface area (Å²) >= 11 is 1.69. The Morgan fingerprint density at radius 3 is 2.93 bits per heavy atom. The summed E-state index contributed by atoms with van der Waals surface area (Å²) < 4.78 is 0. The molecule has 1 fully saturated rings. The molecule has 1 aromatic rings. The largest absolute Gasteiger partial charge is 0.387 e. The van der Waals surface area contributed by atoms with Gasteiger partial charge in [-0.2, -0.15) is 0 Å². The van der Waals surface area contributed by atoms with E-state index >= 15 is 0 Å². The molecule has 0 radical (unpaired) electrons. The molecule has 1 saturated carbocycles. The van der Waals surface area contributed by atoms with Crippen LogP contribution in [0.2, 0.25) is 0 Å². The Morgan fingerprint density at radius 2 is 2.27 bits per heavy atom. The maximum atomic E-state index is 10.3. The van der Waals surface area contributed by atoms with Crippen LogP contribution >= 0.6 is 11.3 Å². The fourth-order valence-corrected chi connectivity index (χ4v) is 3.62. The molecule has 1 aromatic heterocycles. The minimum Gasteiger partial charge on any atom is -0.387 e. The van der Waals surface area contributed by atoms with E-state index < -0.39 is 0 Å². The molecule has 1 aliphatic carbocycles. The van der Waals surface area contributed by atoms with Gasteiger partial charge in [-0.05, 0) is 29.7 Å². The van der Waals surface area contributed by atoms with Crippen LogP contribution in [-0.4, -0.2) is 5.11 Å². The van der Waals surface area contributed by atoms with Crippen molar-refractivity contribution < 1.29 is 5.11 Å². The minimum absolute atomic E-state index is 0.213. The monoisotopic (exact) mass is 224 g/mol. The van der Waals surface area contributed by atoms with Crippen LogP contribution in [0.1, 0.15) is 50.0 Å². The van der Waals surface area contributed by atoms with E-state index in [1.165, 1.54) is 32.1 Å². The first kappa shape index (κ1) is 11.2. The minimum atomic E-state index is -0.213. The Kier molecular flexibility index (Phi) is 3.81. The maximum Gasteiger partial charge on any atom is 0.0912 e. The third-order valence-corrected chi connectivity index (χ3v) is 4.68. The SMILES string of the molecule is CCC1CCCCC1C(O)c1cccs1. The Balaban J connectivity index is 2.07. The predicted molar refractivity (Wildman–Crippen MR) is 65.0 cm³/mol. The normalized spacial score (nSPS) is 28.9. The number of thiophene rings is 1. The van der Waals surface area contributed by atoms with Crippen molar-refractivity contribution >= 4 is 11.3 Å². The molecule has 0 aromatic carbocycles. The van der Waals surface area contributed by atoms with Gasteiger partial charge in [0, 0.05) is 4.88 Å². The van der Waals surface area contributed by atoms with Gasteiger partial charge in [-0.3, -0.25) is 0 Å². The van der Waals surface area contributed by atoms with Crippen molar-refractivity contribution in [1.82, 2.24) is 0 Å². The van der Waals surface area contributed by atoms with Gasteiger partial charge in [0.2, 0.25) is 0 Å². The first-order chi connectivity index (χ1) is 7.33. The van der Waals surface area contributed by atoms with Gasteiger partial charge in [0.15, 0.2) is 0 Å². The Hall–Kier alpha value is -0.340. The van der Waals surface area contributed by atoms with Crippen LogP contribution in [-0.2, 0) is 0 Å². The van der Waals surface area contributed by atoms with Crippen molar-refractivity contribution in [2.45, 2.75) is 45.1 Å². The molecule has 1 aliphatic rings. The van der Waals surface area contributed by atoms with Crippen LogP contribution in [0.5, 0.6) is 0 Å². The van der Waals surface area contributed by atoms with E-state index in [1.54, 1.807) is 11.3 Å². The molecular formula is C13H20OS. The van der Waals surface area contributed by atoms with Crippen LogP contribution in [0.4, 0.5) is 0 Å². The standard InChI is InChI=1S/C13H20OS/c1-2-10-6-3-4-7-11(10)13(14)12-8-5-9-15-12/h5,8-11,13-14H,2-4,6-7H2,1H3. The lowest BCUT2D eigenvalue weighted by Crippen LogP contribution is -2.24. The molecule has 0 saturated heterocycles. The summed E-state index contributed by atoms with van der Waals surface area (Å²) in [6, 6.07) is 4.10. The van der Waals surface area contributed by atoms with Crippen molar-refractivity contribution in [3.8, 4) is 0 Å². The molecule has 0 spiro atoms. The number of aliphatic hydroxyl groups is 1. The lowest BCUT2D eigenvalue weighted by molar-refractivity contribution is 0.0477. The Labute approximate surface area is 96.1 Å². The Morgan fingerprint density at radius 1 is 1.47 bits per heavy atom. The topological polar surface area (TPSA) is 20.2 Å². The van der Waals surface area contributed by atoms with Gasteiger partial charge >= 0.3 is 0 Å². The second kappa shape index (κ2) is 5.13. The van der Waals surface area contributed by atoms with Gasteiger partial charge in [0.25, 0.3) is 0 Å². The van der Waals surface area contributed by atoms with E-state index in [1.807, 2.05) is 6.07 Å². The van der Waals surface area contributed by atoms with Gasteiger partial charge in [0.05, 0.1) is 6.10 Å². The third-order valence-electron chi connectivity index (χ3n) is 3.73. The summed E-state index contributed by atoms with van der Waals surface area (Å²) in [6.07, 6.45) is 6.17. The van der Waals surface area contributed by atoms with E-state index in [4.69, 9.17) is 0 Å². The molecule has 3 atom stereocenters. The number of aliphatic hydroxyl groups excluding tert-OH is 1. The smallest absolute Gasteiger partial charge is 0.0912 e. The fourth-order valence-electron chi connectivity index (χ4n) is 2.83. The molecule has 2 heteroatoms. The van der Waals surface area contributed by atoms with Gasteiger partial charge in [-0.25, -0.2) is 0 Å².